The predicted octanol–water partition coefficient (Wildman–Crippen LogP) is 3.64. The molecule has 26 heavy (non-hydrogen) atoms. The van der Waals surface area contributed by atoms with Crippen LogP contribution in [0.15, 0.2) is 35.7 Å². The van der Waals surface area contributed by atoms with Crippen molar-refractivity contribution in [3.8, 4) is 11.5 Å². The molecule has 6 nitrogen and oxygen atoms in total. The maximum atomic E-state index is 12.5. The van der Waals surface area contributed by atoms with Gasteiger partial charge in [-0.2, -0.15) is 0 Å². The molecular formula is C19H24N2O4S. The molecule has 140 valence electrons. The number of anilines is 1. The van der Waals surface area contributed by atoms with E-state index in [1.807, 2.05) is 6.07 Å². The van der Waals surface area contributed by atoms with Crippen molar-refractivity contribution in [3.63, 3.8) is 0 Å². The number of benzene rings is 1. The molecule has 0 aliphatic carbocycles. The van der Waals surface area contributed by atoms with Gasteiger partial charge in [-0.25, -0.2) is 4.79 Å². The molecule has 3 rings (SSSR count). The zero-order valence-corrected chi connectivity index (χ0v) is 15.9. The van der Waals surface area contributed by atoms with Crippen LogP contribution in [0.3, 0.4) is 0 Å². The van der Waals surface area contributed by atoms with Crippen LogP contribution in [0.25, 0.3) is 0 Å². The Hall–Kier alpha value is -2.25. The van der Waals surface area contributed by atoms with E-state index in [0.717, 1.165) is 12.8 Å². The van der Waals surface area contributed by atoms with Gasteiger partial charge in [0.1, 0.15) is 0 Å². The van der Waals surface area contributed by atoms with Crippen LogP contribution >= 0.6 is 11.3 Å². The summed E-state index contributed by atoms with van der Waals surface area (Å²) in [6, 6.07) is 9.31. The lowest BCUT2D eigenvalue weighted by molar-refractivity contribution is 0.0521. The third kappa shape index (κ3) is 3.94. The van der Waals surface area contributed by atoms with E-state index in [4.69, 9.17) is 14.2 Å². The highest BCUT2D eigenvalue weighted by Gasteiger charge is 2.35. The van der Waals surface area contributed by atoms with E-state index in [2.05, 4.69) is 28.1 Å². The van der Waals surface area contributed by atoms with Gasteiger partial charge in [0.05, 0.1) is 19.9 Å². The van der Waals surface area contributed by atoms with Crippen LogP contribution in [0.2, 0.25) is 0 Å². The van der Waals surface area contributed by atoms with Gasteiger partial charge in [0.2, 0.25) is 0 Å². The Morgan fingerprint density at radius 3 is 2.65 bits per heavy atom. The molecule has 2 amide bonds. The average molecular weight is 376 g/mol. The van der Waals surface area contributed by atoms with E-state index >= 15 is 0 Å². The van der Waals surface area contributed by atoms with Crippen molar-refractivity contribution < 1.29 is 19.0 Å². The topological polar surface area (TPSA) is 68.8 Å². The van der Waals surface area contributed by atoms with Gasteiger partial charge in [-0.1, -0.05) is 12.1 Å². The standard InChI is InChI=1S/C19H24N2O4S/c1-23-15-6-3-5-14(17(15)24-2)21-18(22)20-13-19(8-10-25-11-9-19)16-7-4-12-26-16/h3-7,12H,8-11,13H2,1-2H3,(H2,20,21,22). The van der Waals surface area contributed by atoms with Crippen molar-refractivity contribution in [2.75, 3.05) is 39.3 Å². The largest absolute Gasteiger partial charge is 0.493 e. The lowest BCUT2D eigenvalue weighted by Crippen LogP contribution is -2.45. The lowest BCUT2D eigenvalue weighted by Gasteiger charge is -2.36. The summed E-state index contributed by atoms with van der Waals surface area (Å²) in [7, 11) is 3.12. The number of thiophene rings is 1. The fourth-order valence-electron chi connectivity index (χ4n) is 3.25. The summed E-state index contributed by atoms with van der Waals surface area (Å²) in [5.41, 5.74) is 0.504. The van der Waals surface area contributed by atoms with Gasteiger partial charge in [0, 0.05) is 30.1 Å². The van der Waals surface area contributed by atoms with Gasteiger partial charge in [-0.15, -0.1) is 11.3 Å². The van der Waals surface area contributed by atoms with Crippen molar-refractivity contribution in [1.29, 1.82) is 0 Å². The van der Waals surface area contributed by atoms with E-state index < -0.39 is 0 Å². The SMILES string of the molecule is COc1cccc(NC(=O)NCC2(c3cccs3)CCOCC2)c1OC. The first-order valence-electron chi connectivity index (χ1n) is 8.56. The molecule has 1 aliphatic heterocycles. The van der Waals surface area contributed by atoms with Crippen molar-refractivity contribution in [3.05, 3.63) is 40.6 Å². The van der Waals surface area contributed by atoms with Crippen molar-refractivity contribution in [2.24, 2.45) is 0 Å². The van der Waals surface area contributed by atoms with Crippen LogP contribution in [0, 0.1) is 0 Å². The highest BCUT2D eigenvalue weighted by atomic mass is 32.1. The predicted molar refractivity (Wildman–Crippen MR) is 103 cm³/mol. The van der Waals surface area contributed by atoms with Crippen LogP contribution in [-0.2, 0) is 10.2 Å². The summed E-state index contributed by atoms with van der Waals surface area (Å²) < 4.78 is 16.2. The number of para-hydroxylation sites is 1. The molecule has 1 aromatic heterocycles. The summed E-state index contributed by atoms with van der Waals surface area (Å²) in [5, 5.41) is 7.96. The van der Waals surface area contributed by atoms with Crippen LogP contribution in [0.1, 0.15) is 17.7 Å². The average Bonchev–Trinajstić information content (AvgIpc) is 3.22. The number of urea groups is 1. The molecular weight excluding hydrogens is 352 g/mol. The van der Waals surface area contributed by atoms with Crippen molar-refractivity contribution in [1.82, 2.24) is 5.32 Å². The molecule has 0 radical (unpaired) electrons. The molecule has 1 aromatic carbocycles. The molecule has 0 atom stereocenters. The minimum atomic E-state index is -0.265. The summed E-state index contributed by atoms with van der Waals surface area (Å²) in [6.07, 6.45) is 1.80. The smallest absolute Gasteiger partial charge is 0.319 e. The minimum absolute atomic E-state index is 0.0672. The number of rotatable bonds is 6. The molecule has 0 saturated carbocycles. The zero-order valence-electron chi connectivity index (χ0n) is 15.0. The highest BCUT2D eigenvalue weighted by Crippen LogP contribution is 2.37. The zero-order chi connectivity index (χ0) is 18.4. The van der Waals surface area contributed by atoms with Crippen LogP contribution < -0.4 is 20.1 Å². The first-order chi connectivity index (χ1) is 12.7. The third-order valence-corrected chi connectivity index (χ3v) is 5.85. The number of methoxy groups -OCH3 is 2. The minimum Gasteiger partial charge on any atom is -0.493 e. The molecule has 7 heteroatoms. The van der Waals surface area contributed by atoms with Crippen LogP contribution in [-0.4, -0.2) is 40.0 Å². The van der Waals surface area contributed by atoms with Gasteiger partial charge in [-0.05, 0) is 36.4 Å². The van der Waals surface area contributed by atoms with E-state index in [-0.39, 0.29) is 11.4 Å². The Labute approximate surface area is 157 Å². The number of amides is 2. The molecule has 1 fully saturated rings. The summed E-state index contributed by atoms with van der Waals surface area (Å²) in [4.78, 5) is 13.8. The number of hydrogen-bond acceptors (Lipinski definition) is 5. The second-order valence-electron chi connectivity index (χ2n) is 6.22. The van der Waals surface area contributed by atoms with Crippen molar-refractivity contribution >= 4 is 23.1 Å². The fourth-order valence-corrected chi connectivity index (χ4v) is 4.24. The van der Waals surface area contributed by atoms with E-state index in [0.29, 0.717) is 36.9 Å². The Balaban J connectivity index is 1.68. The summed E-state index contributed by atoms with van der Waals surface area (Å²) in [6.45, 7) is 1.99. The fraction of sp³-hybridized carbons (Fsp3) is 0.421. The van der Waals surface area contributed by atoms with Crippen LogP contribution in [0.4, 0.5) is 10.5 Å². The quantitative estimate of drug-likeness (QED) is 0.808. The number of hydrogen-bond donors (Lipinski definition) is 2. The summed E-state index contributed by atoms with van der Waals surface area (Å²) >= 11 is 1.73. The lowest BCUT2D eigenvalue weighted by atomic mass is 9.78. The Bertz CT molecular complexity index is 727. The maximum absolute atomic E-state index is 12.5. The molecule has 2 aromatic rings. The molecule has 1 aliphatic rings. The van der Waals surface area contributed by atoms with Gasteiger partial charge in [0.25, 0.3) is 0 Å². The maximum Gasteiger partial charge on any atom is 0.319 e. The van der Waals surface area contributed by atoms with Gasteiger partial charge in [-0.3, -0.25) is 0 Å². The molecule has 0 spiro atoms. The van der Waals surface area contributed by atoms with Gasteiger partial charge in [0.15, 0.2) is 11.5 Å². The molecule has 0 bridgehead atoms. The van der Waals surface area contributed by atoms with Crippen molar-refractivity contribution in [2.45, 2.75) is 18.3 Å². The first kappa shape index (κ1) is 18.5. The van der Waals surface area contributed by atoms with E-state index in [9.17, 15) is 4.79 Å². The Morgan fingerprint density at radius 2 is 2.00 bits per heavy atom. The number of nitrogens with one attached hydrogen (secondary N) is 2. The molecule has 0 unspecified atom stereocenters. The third-order valence-electron chi connectivity index (χ3n) is 4.73. The van der Waals surface area contributed by atoms with Gasteiger partial charge >= 0.3 is 6.03 Å². The van der Waals surface area contributed by atoms with Crippen LogP contribution in [0.5, 0.6) is 11.5 Å². The normalized spacial score (nSPS) is 15.9. The Morgan fingerprint density at radius 1 is 1.19 bits per heavy atom. The Kier molecular flexibility index (Phi) is 6.00. The van der Waals surface area contributed by atoms with E-state index in [1.54, 1.807) is 37.7 Å². The first-order valence-corrected chi connectivity index (χ1v) is 9.44. The monoisotopic (exact) mass is 376 g/mol. The number of ether oxygens (including phenoxy) is 3. The number of carbonyl (C=O) groups excluding carboxylic acids is 1. The molecule has 1 saturated heterocycles. The summed E-state index contributed by atoms with van der Waals surface area (Å²) in [5.74, 6) is 1.08. The second-order valence-corrected chi connectivity index (χ2v) is 7.17. The van der Waals surface area contributed by atoms with E-state index in [1.165, 1.54) is 4.88 Å². The second kappa shape index (κ2) is 8.42. The molecule has 2 N–H and O–H groups in total. The number of carbonyl (C=O) groups is 1. The van der Waals surface area contributed by atoms with Gasteiger partial charge < -0.3 is 24.8 Å². The molecule has 2 heterocycles. The highest BCUT2D eigenvalue weighted by molar-refractivity contribution is 7.10.